The molecule has 94 valence electrons. The second-order valence-electron chi connectivity index (χ2n) is 5.12. The monoisotopic (exact) mass is 227 g/mol. The molecule has 0 aromatic rings. The van der Waals surface area contributed by atoms with E-state index in [1.54, 1.807) is 0 Å². The molecule has 2 fully saturated rings. The zero-order valence-electron chi connectivity index (χ0n) is 10.4. The second kappa shape index (κ2) is 6.58. The van der Waals surface area contributed by atoms with Crippen molar-refractivity contribution in [3.8, 4) is 0 Å². The lowest BCUT2D eigenvalue weighted by atomic mass is 9.83. The van der Waals surface area contributed by atoms with Gasteiger partial charge in [-0.25, -0.2) is 0 Å². The minimum absolute atomic E-state index is 0.265. The van der Waals surface area contributed by atoms with Gasteiger partial charge in [-0.1, -0.05) is 32.1 Å². The molecule has 3 nitrogen and oxygen atoms in total. The number of likely N-dealkylation sites (N-methyl/N-ethyl adjacent to an activating group) is 1. The molecule has 2 aliphatic rings. The van der Waals surface area contributed by atoms with Crippen molar-refractivity contribution in [2.45, 2.75) is 50.7 Å². The Hall–Kier alpha value is -0.120. The molecule has 3 heteroatoms. The molecule has 0 radical (unpaired) electrons. The standard InChI is InChI=1S/C13H25NO2/c1-14-12(13-10-15-7-8-16-13)9-11-5-3-2-4-6-11/h11-14H,2-10H2,1H3. The summed E-state index contributed by atoms with van der Waals surface area (Å²) in [7, 11) is 2.05. The number of rotatable bonds is 4. The topological polar surface area (TPSA) is 30.5 Å². The molecule has 16 heavy (non-hydrogen) atoms. The summed E-state index contributed by atoms with van der Waals surface area (Å²) < 4.78 is 11.3. The Bertz CT molecular complexity index is 186. The minimum Gasteiger partial charge on any atom is -0.376 e. The molecule has 2 unspecified atom stereocenters. The average Bonchev–Trinajstić information content (AvgIpc) is 2.38. The van der Waals surface area contributed by atoms with E-state index in [2.05, 4.69) is 5.32 Å². The second-order valence-corrected chi connectivity index (χ2v) is 5.12. The van der Waals surface area contributed by atoms with Crippen molar-refractivity contribution in [3.63, 3.8) is 0 Å². The van der Waals surface area contributed by atoms with Gasteiger partial charge >= 0.3 is 0 Å². The molecule has 0 amide bonds. The molecule has 1 heterocycles. The predicted molar refractivity (Wildman–Crippen MR) is 64.6 cm³/mol. The van der Waals surface area contributed by atoms with E-state index >= 15 is 0 Å². The summed E-state index contributed by atoms with van der Waals surface area (Å²) in [6.45, 7) is 2.28. The van der Waals surface area contributed by atoms with Gasteiger partial charge in [0.05, 0.1) is 25.9 Å². The van der Waals surface area contributed by atoms with Gasteiger partial charge in [-0.15, -0.1) is 0 Å². The van der Waals surface area contributed by atoms with Crippen LogP contribution in [-0.2, 0) is 9.47 Å². The Morgan fingerprint density at radius 1 is 1.19 bits per heavy atom. The van der Waals surface area contributed by atoms with Crippen molar-refractivity contribution < 1.29 is 9.47 Å². The van der Waals surface area contributed by atoms with Crippen molar-refractivity contribution in [3.05, 3.63) is 0 Å². The molecule has 1 saturated carbocycles. The van der Waals surface area contributed by atoms with Gasteiger partial charge in [0.25, 0.3) is 0 Å². The maximum atomic E-state index is 5.79. The molecule has 1 aliphatic heterocycles. The van der Waals surface area contributed by atoms with Crippen molar-refractivity contribution in [1.82, 2.24) is 5.32 Å². The summed E-state index contributed by atoms with van der Waals surface area (Å²) in [6, 6.07) is 0.475. The third kappa shape index (κ3) is 3.44. The van der Waals surface area contributed by atoms with Crippen LogP contribution >= 0.6 is 0 Å². The van der Waals surface area contributed by atoms with Crippen LogP contribution in [0.5, 0.6) is 0 Å². The Morgan fingerprint density at radius 3 is 2.62 bits per heavy atom. The van der Waals surface area contributed by atoms with Crippen molar-refractivity contribution in [1.29, 1.82) is 0 Å². The lowest BCUT2D eigenvalue weighted by molar-refractivity contribution is -0.103. The highest BCUT2D eigenvalue weighted by molar-refractivity contribution is 4.81. The maximum Gasteiger partial charge on any atom is 0.0962 e. The number of nitrogens with one attached hydrogen (secondary N) is 1. The number of hydrogen-bond donors (Lipinski definition) is 1. The smallest absolute Gasteiger partial charge is 0.0962 e. The van der Waals surface area contributed by atoms with E-state index in [4.69, 9.17) is 9.47 Å². The lowest BCUT2D eigenvalue weighted by Crippen LogP contribution is -2.46. The van der Waals surface area contributed by atoms with E-state index in [1.807, 2.05) is 7.05 Å². The highest BCUT2D eigenvalue weighted by atomic mass is 16.6. The van der Waals surface area contributed by atoms with Gasteiger partial charge in [0.1, 0.15) is 0 Å². The average molecular weight is 227 g/mol. The van der Waals surface area contributed by atoms with Gasteiger partial charge in [0.2, 0.25) is 0 Å². The van der Waals surface area contributed by atoms with Crippen molar-refractivity contribution >= 4 is 0 Å². The Kier molecular flexibility index (Phi) is 5.07. The fourth-order valence-electron chi connectivity index (χ4n) is 2.98. The maximum absolute atomic E-state index is 5.79. The molecular weight excluding hydrogens is 202 g/mol. The molecule has 1 N–H and O–H groups in total. The summed E-state index contributed by atoms with van der Waals surface area (Å²) in [5.74, 6) is 0.900. The Balaban J connectivity index is 1.78. The van der Waals surface area contributed by atoms with E-state index < -0.39 is 0 Å². The molecule has 0 bridgehead atoms. The van der Waals surface area contributed by atoms with Gasteiger partial charge in [0, 0.05) is 6.04 Å². The molecule has 0 aromatic carbocycles. The van der Waals surface area contributed by atoms with Crippen LogP contribution in [0.2, 0.25) is 0 Å². The Morgan fingerprint density at radius 2 is 2.00 bits per heavy atom. The van der Waals surface area contributed by atoms with E-state index in [0.717, 1.165) is 25.7 Å². The van der Waals surface area contributed by atoms with Gasteiger partial charge in [-0.3, -0.25) is 0 Å². The van der Waals surface area contributed by atoms with Gasteiger partial charge in [-0.2, -0.15) is 0 Å². The van der Waals surface area contributed by atoms with Crippen molar-refractivity contribution in [2.75, 3.05) is 26.9 Å². The third-order valence-electron chi connectivity index (χ3n) is 3.97. The molecule has 0 aromatic heterocycles. The van der Waals surface area contributed by atoms with Gasteiger partial charge in [0.15, 0.2) is 0 Å². The fourth-order valence-corrected chi connectivity index (χ4v) is 2.98. The van der Waals surface area contributed by atoms with Crippen LogP contribution in [0, 0.1) is 5.92 Å². The summed E-state index contributed by atoms with van der Waals surface area (Å²) in [5.41, 5.74) is 0. The van der Waals surface area contributed by atoms with E-state index in [0.29, 0.717) is 6.04 Å². The molecule has 2 atom stereocenters. The van der Waals surface area contributed by atoms with Crippen LogP contribution in [0.1, 0.15) is 38.5 Å². The van der Waals surface area contributed by atoms with Crippen LogP contribution in [0.15, 0.2) is 0 Å². The lowest BCUT2D eigenvalue weighted by Gasteiger charge is -2.33. The highest BCUT2D eigenvalue weighted by Crippen LogP contribution is 2.28. The SMILES string of the molecule is CNC(CC1CCCCC1)C1COCCO1. The van der Waals surface area contributed by atoms with Gasteiger partial charge in [-0.05, 0) is 19.4 Å². The number of ether oxygens (including phenoxy) is 2. The Labute approximate surface area is 98.9 Å². The van der Waals surface area contributed by atoms with Gasteiger partial charge < -0.3 is 14.8 Å². The largest absolute Gasteiger partial charge is 0.376 e. The highest BCUT2D eigenvalue weighted by Gasteiger charge is 2.27. The van der Waals surface area contributed by atoms with Crippen LogP contribution in [0.25, 0.3) is 0 Å². The normalized spacial score (nSPS) is 30.2. The fraction of sp³-hybridized carbons (Fsp3) is 1.00. The van der Waals surface area contributed by atoms with Crippen LogP contribution in [0.4, 0.5) is 0 Å². The van der Waals surface area contributed by atoms with E-state index in [-0.39, 0.29) is 6.10 Å². The summed E-state index contributed by atoms with van der Waals surface area (Å²) in [6.07, 6.45) is 8.61. The van der Waals surface area contributed by atoms with Crippen LogP contribution in [0.3, 0.4) is 0 Å². The molecule has 2 rings (SSSR count). The first-order chi connectivity index (χ1) is 7.90. The van der Waals surface area contributed by atoms with Crippen LogP contribution < -0.4 is 5.32 Å². The van der Waals surface area contributed by atoms with Crippen molar-refractivity contribution in [2.24, 2.45) is 5.92 Å². The van der Waals surface area contributed by atoms with Crippen LogP contribution in [-0.4, -0.2) is 39.0 Å². The summed E-state index contributed by atoms with van der Waals surface area (Å²) in [4.78, 5) is 0. The number of hydrogen-bond acceptors (Lipinski definition) is 3. The predicted octanol–water partition coefficient (Wildman–Crippen LogP) is 1.96. The molecule has 1 aliphatic carbocycles. The zero-order valence-corrected chi connectivity index (χ0v) is 10.4. The summed E-state index contributed by atoms with van der Waals surface area (Å²) >= 11 is 0. The molecule has 0 spiro atoms. The first kappa shape index (κ1) is 12.3. The first-order valence-electron chi connectivity index (χ1n) is 6.76. The quantitative estimate of drug-likeness (QED) is 0.796. The molecular formula is C13H25NO2. The van der Waals surface area contributed by atoms with E-state index in [9.17, 15) is 0 Å². The minimum atomic E-state index is 0.265. The summed E-state index contributed by atoms with van der Waals surface area (Å²) in [5, 5.41) is 3.41. The molecule has 1 saturated heterocycles. The first-order valence-corrected chi connectivity index (χ1v) is 6.76. The third-order valence-corrected chi connectivity index (χ3v) is 3.97. The zero-order chi connectivity index (χ0) is 11.2. The van der Waals surface area contributed by atoms with E-state index in [1.165, 1.54) is 38.5 Å².